The average molecular weight is 240 g/mol. The lowest BCUT2D eigenvalue weighted by atomic mass is 9.83. The molecule has 1 aliphatic carbocycles. The van der Waals surface area contributed by atoms with E-state index in [4.69, 9.17) is 5.84 Å². The highest BCUT2D eigenvalue weighted by Crippen LogP contribution is 2.26. The van der Waals surface area contributed by atoms with Gasteiger partial charge < -0.3 is 5.32 Å². The van der Waals surface area contributed by atoms with E-state index in [-0.39, 0.29) is 0 Å². The maximum absolute atomic E-state index is 5.52. The van der Waals surface area contributed by atoms with Crippen molar-refractivity contribution < 1.29 is 0 Å². The van der Waals surface area contributed by atoms with Gasteiger partial charge in [0, 0.05) is 12.6 Å². The Bertz CT molecular complexity index is 238. The van der Waals surface area contributed by atoms with E-state index in [9.17, 15) is 0 Å². The Balaban J connectivity index is 2.50. The zero-order valence-electron chi connectivity index (χ0n) is 11.5. The molecule has 1 saturated carbocycles. The van der Waals surface area contributed by atoms with Crippen molar-refractivity contribution in [3.8, 4) is 0 Å². The van der Waals surface area contributed by atoms with E-state index >= 15 is 0 Å². The molecular formula is C13H28N4. The first-order valence-electron chi connectivity index (χ1n) is 6.95. The SMILES string of the molecule is CCC1CCCCC1NC(=NCC(C)C)NN. The summed E-state index contributed by atoms with van der Waals surface area (Å²) >= 11 is 0. The Morgan fingerprint density at radius 1 is 1.35 bits per heavy atom. The molecule has 0 heterocycles. The van der Waals surface area contributed by atoms with Gasteiger partial charge in [-0.05, 0) is 24.7 Å². The van der Waals surface area contributed by atoms with Crippen LogP contribution in [0.3, 0.4) is 0 Å². The minimum Gasteiger partial charge on any atom is -0.352 e. The van der Waals surface area contributed by atoms with Crippen LogP contribution in [0.5, 0.6) is 0 Å². The van der Waals surface area contributed by atoms with Crippen LogP contribution in [0.2, 0.25) is 0 Å². The highest BCUT2D eigenvalue weighted by atomic mass is 15.3. The maximum Gasteiger partial charge on any atom is 0.205 e. The van der Waals surface area contributed by atoms with Gasteiger partial charge in [0.1, 0.15) is 0 Å². The maximum atomic E-state index is 5.52. The molecule has 0 spiro atoms. The van der Waals surface area contributed by atoms with Gasteiger partial charge in [-0.25, -0.2) is 5.84 Å². The minimum atomic E-state index is 0.538. The van der Waals surface area contributed by atoms with E-state index in [2.05, 4.69) is 36.5 Å². The van der Waals surface area contributed by atoms with E-state index < -0.39 is 0 Å². The number of hydrogen-bond acceptors (Lipinski definition) is 2. The molecule has 0 amide bonds. The van der Waals surface area contributed by atoms with Crippen molar-refractivity contribution in [3.05, 3.63) is 0 Å². The Hall–Kier alpha value is -0.770. The molecule has 1 rings (SSSR count). The molecule has 0 aromatic rings. The zero-order valence-corrected chi connectivity index (χ0v) is 11.5. The third-order valence-electron chi connectivity index (χ3n) is 3.51. The van der Waals surface area contributed by atoms with Gasteiger partial charge in [-0.15, -0.1) is 0 Å². The first-order valence-corrected chi connectivity index (χ1v) is 6.95. The van der Waals surface area contributed by atoms with Crippen molar-refractivity contribution in [1.82, 2.24) is 10.7 Å². The number of hydrogen-bond donors (Lipinski definition) is 3. The summed E-state index contributed by atoms with van der Waals surface area (Å²) in [7, 11) is 0. The molecule has 4 nitrogen and oxygen atoms in total. The molecule has 1 fully saturated rings. The zero-order chi connectivity index (χ0) is 12.7. The number of nitrogens with two attached hydrogens (primary N) is 1. The number of hydrazine groups is 1. The van der Waals surface area contributed by atoms with Gasteiger partial charge in [0.2, 0.25) is 5.96 Å². The number of nitrogens with zero attached hydrogens (tertiary/aromatic N) is 1. The van der Waals surface area contributed by atoms with Crippen molar-refractivity contribution in [2.24, 2.45) is 22.7 Å². The Morgan fingerprint density at radius 3 is 2.65 bits per heavy atom. The van der Waals surface area contributed by atoms with Gasteiger partial charge in [-0.3, -0.25) is 10.4 Å². The molecule has 2 atom stereocenters. The van der Waals surface area contributed by atoms with E-state index in [1.165, 1.54) is 32.1 Å². The molecule has 100 valence electrons. The highest BCUT2D eigenvalue weighted by Gasteiger charge is 2.24. The van der Waals surface area contributed by atoms with E-state index in [1.54, 1.807) is 0 Å². The van der Waals surface area contributed by atoms with Crippen LogP contribution < -0.4 is 16.6 Å². The number of rotatable bonds is 4. The van der Waals surface area contributed by atoms with Crippen molar-refractivity contribution in [1.29, 1.82) is 0 Å². The monoisotopic (exact) mass is 240 g/mol. The summed E-state index contributed by atoms with van der Waals surface area (Å²) in [5.41, 5.74) is 2.69. The Morgan fingerprint density at radius 2 is 2.06 bits per heavy atom. The fraction of sp³-hybridized carbons (Fsp3) is 0.923. The minimum absolute atomic E-state index is 0.538. The van der Waals surface area contributed by atoms with Gasteiger partial charge in [0.25, 0.3) is 0 Å². The largest absolute Gasteiger partial charge is 0.352 e. The third kappa shape index (κ3) is 4.94. The molecule has 1 aliphatic rings. The molecule has 4 heteroatoms. The molecular weight excluding hydrogens is 212 g/mol. The lowest BCUT2D eigenvalue weighted by molar-refractivity contribution is 0.278. The summed E-state index contributed by atoms with van der Waals surface area (Å²) in [5.74, 6) is 7.60. The summed E-state index contributed by atoms with van der Waals surface area (Å²) in [4.78, 5) is 4.47. The van der Waals surface area contributed by atoms with Crippen molar-refractivity contribution in [2.45, 2.75) is 58.9 Å². The molecule has 2 unspecified atom stereocenters. The average Bonchev–Trinajstić information content (AvgIpc) is 2.34. The molecule has 4 N–H and O–H groups in total. The predicted octanol–water partition coefficient (Wildman–Crippen LogP) is 2.02. The second kappa shape index (κ2) is 7.54. The van der Waals surface area contributed by atoms with E-state index in [1.807, 2.05) is 0 Å². The normalized spacial score (nSPS) is 26.1. The molecule has 0 aliphatic heterocycles. The van der Waals surface area contributed by atoms with Crippen LogP contribution in [0.15, 0.2) is 4.99 Å². The van der Waals surface area contributed by atoms with E-state index in [0.717, 1.165) is 18.4 Å². The van der Waals surface area contributed by atoms with Crippen LogP contribution >= 0.6 is 0 Å². The fourth-order valence-corrected chi connectivity index (χ4v) is 2.47. The topological polar surface area (TPSA) is 62.4 Å². The van der Waals surface area contributed by atoms with Gasteiger partial charge in [0.05, 0.1) is 0 Å². The van der Waals surface area contributed by atoms with Gasteiger partial charge in [0.15, 0.2) is 0 Å². The Kier molecular flexibility index (Phi) is 6.34. The first kappa shape index (κ1) is 14.3. The number of aliphatic imine (C=N–C) groups is 1. The van der Waals surface area contributed by atoms with Gasteiger partial charge in [-0.1, -0.05) is 40.0 Å². The third-order valence-corrected chi connectivity index (χ3v) is 3.51. The molecule has 0 aromatic carbocycles. The Labute approximate surface area is 105 Å². The number of guanidine groups is 1. The standard InChI is InChI=1S/C13H28N4/c1-4-11-7-5-6-8-12(11)16-13(17-14)15-9-10(2)3/h10-12H,4-9,14H2,1-3H3,(H2,15,16,17). The summed E-state index contributed by atoms with van der Waals surface area (Å²) in [6.07, 6.45) is 6.48. The lowest BCUT2D eigenvalue weighted by Gasteiger charge is -2.32. The van der Waals surface area contributed by atoms with Crippen LogP contribution in [-0.4, -0.2) is 18.5 Å². The summed E-state index contributed by atoms with van der Waals surface area (Å²) in [5, 5.41) is 3.48. The molecule has 0 radical (unpaired) electrons. The summed E-state index contributed by atoms with van der Waals surface area (Å²) < 4.78 is 0. The molecule has 0 bridgehead atoms. The quantitative estimate of drug-likeness (QED) is 0.305. The van der Waals surface area contributed by atoms with Crippen LogP contribution in [0, 0.1) is 11.8 Å². The van der Waals surface area contributed by atoms with Crippen LogP contribution in [0.25, 0.3) is 0 Å². The second-order valence-corrected chi connectivity index (χ2v) is 5.43. The van der Waals surface area contributed by atoms with Crippen molar-refractivity contribution in [3.63, 3.8) is 0 Å². The fourth-order valence-electron chi connectivity index (χ4n) is 2.47. The first-order chi connectivity index (χ1) is 8.17. The van der Waals surface area contributed by atoms with Crippen LogP contribution in [0.1, 0.15) is 52.9 Å². The summed E-state index contributed by atoms with van der Waals surface area (Å²) in [6.45, 7) is 7.40. The van der Waals surface area contributed by atoms with Crippen molar-refractivity contribution >= 4 is 5.96 Å². The molecule has 0 saturated heterocycles. The van der Waals surface area contributed by atoms with Crippen molar-refractivity contribution in [2.75, 3.05) is 6.54 Å². The highest BCUT2D eigenvalue weighted by molar-refractivity contribution is 5.79. The lowest BCUT2D eigenvalue weighted by Crippen LogP contribution is -2.50. The molecule has 17 heavy (non-hydrogen) atoms. The van der Waals surface area contributed by atoms with E-state index in [0.29, 0.717) is 12.0 Å². The second-order valence-electron chi connectivity index (χ2n) is 5.43. The van der Waals surface area contributed by atoms with Crippen LogP contribution in [0.4, 0.5) is 0 Å². The van der Waals surface area contributed by atoms with Crippen LogP contribution in [-0.2, 0) is 0 Å². The molecule has 0 aromatic heterocycles. The predicted molar refractivity (Wildman–Crippen MR) is 73.6 cm³/mol. The van der Waals surface area contributed by atoms with Gasteiger partial charge in [-0.2, -0.15) is 0 Å². The van der Waals surface area contributed by atoms with Gasteiger partial charge >= 0.3 is 0 Å². The summed E-state index contributed by atoms with van der Waals surface area (Å²) in [6, 6.07) is 0.538. The number of nitrogens with one attached hydrogen (secondary N) is 2. The smallest absolute Gasteiger partial charge is 0.205 e.